The van der Waals surface area contributed by atoms with Crippen molar-refractivity contribution in [1.82, 2.24) is 14.5 Å². The lowest BCUT2D eigenvalue weighted by atomic mass is 9.91. The summed E-state index contributed by atoms with van der Waals surface area (Å²) in [4.78, 5) is 32.7. The summed E-state index contributed by atoms with van der Waals surface area (Å²) >= 11 is 5.47. The summed E-state index contributed by atoms with van der Waals surface area (Å²) in [5.74, 6) is -1.16. The Balaban J connectivity index is 1.36. The number of fused-ring (bicyclic) bond motifs is 1. The van der Waals surface area contributed by atoms with Crippen molar-refractivity contribution in [3.05, 3.63) is 90.5 Å². The van der Waals surface area contributed by atoms with E-state index in [4.69, 9.17) is 31.2 Å². The predicted octanol–water partition coefficient (Wildman–Crippen LogP) is 4.15. The Morgan fingerprint density at radius 2 is 1.73 bits per heavy atom. The number of amides is 1. The molecule has 0 aliphatic carbocycles. The van der Waals surface area contributed by atoms with Crippen molar-refractivity contribution in [2.45, 2.75) is 63.2 Å². The minimum absolute atomic E-state index is 0.0394. The van der Waals surface area contributed by atoms with Crippen molar-refractivity contribution < 1.29 is 28.5 Å². The van der Waals surface area contributed by atoms with Crippen LogP contribution < -0.4 is 0 Å². The number of imidazole rings is 1. The molecule has 0 saturated carbocycles. The molecule has 5 atom stereocenters. The highest BCUT2D eigenvalue weighted by atomic mass is 32.1. The van der Waals surface area contributed by atoms with Crippen molar-refractivity contribution in [1.29, 1.82) is 0 Å². The zero-order valence-corrected chi connectivity index (χ0v) is 23.9. The fraction of sp³-hybridized carbons (Fsp3) is 0.419. The first-order valence-corrected chi connectivity index (χ1v) is 14.3. The number of hydrogen-bond donors (Lipinski definition) is 0. The number of hydrogen-bond acceptors (Lipinski definition) is 8. The summed E-state index contributed by atoms with van der Waals surface area (Å²) < 4.78 is 25.5. The van der Waals surface area contributed by atoms with E-state index in [0.717, 1.165) is 11.1 Å². The van der Waals surface area contributed by atoms with Crippen LogP contribution in [0.4, 0.5) is 0 Å². The molecule has 3 aromatic rings. The van der Waals surface area contributed by atoms with Gasteiger partial charge in [-0.2, -0.15) is 0 Å². The van der Waals surface area contributed by atoms with E-state index in [9.17, 15) is 9.59 Å². The number of carbonyl (C=O) groups excluding carboxylic acids is 2. The van der Waals surface area contributed by atoms with Crippen LogP contribution in [-0.2, 0) is 41.8 Å². The van der Waals surface area contributed by atoms with Gasteiger partial charge in [0, 0.05) is 24.9 Å². The van der Waals surface area contributed by atoms with Crippen LogP contribution in [0.2, 0.25) is 0 Å². The maximum Gasteiger partial charge on any atom is 0.314 e. The van der Waals surface area contributed by atoms with E-state index in [1.54, 1.807) is 23.3 Å². The molecular weight excluding hydrogens is 542 g/mol. The van der Waals surface area contributed by atoms with Gasteiger partial charge in [0.15, 0.2) is 0 Å². The fourth-order valence-electron chi connectivity index (χ4n) is 5.82. The third kappa shape index (κ3) is 7.01. The zero-order valence-electron chi connectivity index (χ0n) is 23.0. The monoisotopic (exact) mass is 577 g/mol. The average molecular weight is 578 g/mol. The Kier molecular flexibility index (Phi) is 9.76. The molecule has 5 rings (SSSR count). The predicted molar refractivity (Wildman–Crippen MR) is 155 cm³/mol. The molecule has 2 saturated heterocycles. The second kappa shape index (κ2) is 13.8. The van der Waals surface area contributed by atoms with Gasteiger partial charge in [0.1, 0.15) is 24.5 Å². The molecule has 1 aromatic heterocycles. The van der Waals surface area contributed by atoms with E-state index in [1.807, 2.05) is 65.6 Å². The van der Waals surface area contributed by atoms with Gasteiger partial charge in [0.2, 0.25) is 5.91 Å². The summed E-state index contributed by atoms with van der Waals surface area (Å²) in [6.07, 6.45) is 5.64. The molecule has 0 radical (unpaired) electrons. The second-order valence-electron chi connectivity index (χ2n) is 10.3. The number of thiocarbonyl (C=S) groups is 1. The molecule has 2 aliphatic rings. The smallest absolute Gasteiger partial charge is 0.314 e. The Morgan fingerprint density at radius 3 is 2.39 bits per heavy atom. The first-order valence-electron chi connectivity index (χ1n) is 13.9. The number of benzene rings is 2. The number of methoxy groups -OCH3 is 1. The van der Waals surface area contributed by atoms with Gasteiger partial charge >= 0.3 is 5.97 Å². The van der Waals surface area contributed by atoms with E-state index in [1.165, 1.54) is 7.11 Å². The molecule has 41 heavy (non-hydrogen) atoms. The molecule has 2 aliphatic heterocycles. The highest BCUT2D eigenvalue weighted by Gasteiger charge is 2.52. The molecule has 2 fully saturated rings. The Labute approximate surface area is 245 Å². The lowest BCUT2D eigenvalue weighted by Gasteiger charge is -2.36. The van der Waals surface area contributed by atoms with Crippen molar-refractivity contribution in [2.24, 2.45) is 5.92 Å². The number of ether oxygens (including phenoxy) is 4. The number of esters is 1. The second-order valence-corrected chi connectivity index (χ2v) is 10.7. The molecule has 9 nitrogen and oxygen atoms in total. The average Bonchev–Trinajstić information content (AvgIpc) is 3.67. The fourth-order valence-corrected chi connectivity index (χ4v) is 6.06. The molecule has 0 N–H and O–H groups in total. The molecule has 216 valence electrons. The largest absolute Gasteiger partial charge is 0.469 e. The number of aromatic nitrogens is 2. The highest BCUT2D eigenvalue weighted by molar-refractivity contribution is 7.80. The topological polar surface area (TPSA) is 92.1 Å². The Hall–Kier alpha value is -3.60. The van der Waals surface area contributed by atoms with Gasteiger partial charge in [-0.1, -0.05) is 60.7 Å². The highest BCUT2D eigenvalue weighted by Crippen LogP contribution is 2.39. The third-order valence-electron chi connectivity index (χ3n) is 7.79. The van der Waals surface area contributed by atoms with E-state index >= 15 is 0 Å². The Bertz CT molecular complexity index is 1290. The molecule has 2 aromatic carbocycles. The van der Waals surface area contributed by atoms with Crippen LogP contribution in [0.1, 0.15) is 36.8 Å². The standard InChI is InChI=1S/C31H35N3O6S/c1-37-30(36)29-25-13-12-24(34(25)28(35)15-14-26(29)40-31(41)33-17-16-32-21-33)27(39-19-23-10-6-3-7-11-23)20-38-18-22-8-4-2-5-9-22/h2-11,16-17,21,24-27,29H,12-15,18-20H2,1H3/t24-,25-,26-,27+,29+/m0/s1. The van der Waals surface area contributed by atoms with Crippen LogP contribution in [0.5, 0.6) is 0 Å². The lowest BCUT2D eigenvalue weighted by molar-refractivity contribution is -0.154. The van der Waals surface area contributed by atoms with Crippen molar-refractivity contribution in [3.63, 3.8) is 0 Å². The Morgan fingerprint density at radius 1 is 1.02 bits per heavy atom. The van der Waals surface area contributed by atoms with Gasteiger partial charge in [0.05, 0.1) is 33.0 Å². The summed E-state index contributed by atoms with van der Waals surface area (Å²) in [5.41, 5.74) is 2.09. The first kappa shape index (κ1) is 28.9. The van der Waals surface area contributed by atoms with E-state index < -0.39 is 30.1 Å². The van der Waals surface area contributed by atoms with Crippen LogP contribution in [0, 0.1) is 5.92 Å². The molecular formula is C31H35N3O6S. The van der Waals surface area contributed by atoms with Gasteiger partial charge in [0.25, 0.3) is 5.17 Å². The number of carbonyl (C=O) groups is 2. The van der Waals surface area contributed by atoms with Crippen LogP contribution >= 0.6 is 12.2 Å². The maximum atomic E-state index is 13.7. The quantitative estimate of drug-likeness (QED) is 0.262. The SMILES string of the molecule is COC(=O)[C@H]1[C@@H](OC(=S)n2ccnc2)CCC(=O)N2[C@H]1CC[C@H]2[C@@H](COCc1ccccc1)OCc1ccccc1. The first-order chi connectivity index (χ1) is 20.0. The van der Waals surface area contributed by atoms with Gasteiger partial charge in [-0.05, 0) is 42.6 Å². The third-order valence-corrected chi connectivity index (χ3v) is 8.10. The minimum Gasteiger partial charge on any atom is -0.469 e. The summed E-state index contributed by atoms with van der Waals surface area (Å²) in [5, 5.41) is 0.176. The number of nitrogens with zero attached hydrogens (tertiary/aromatic N) is 3. The summed E-state index contributed by atoms with van der Waals surface area (Å²) in [7, 11) is 1.36. The number of rotatable bonds is 10. The molecule has 10 heteroatoms. The normalized spacial score (nSPS) is 23.0. The lowest BCUT2D eigenvalue weighted by Crippen LogP contribution is -2.52. The van der Waals surface area contributed by atoms with Gasteiger partial charge in [-0.3, -0.25) is 14.2 Å². The van der Waals surface area contributed by atoms with Gasteiger partial charge < -0.3 is 23.8 Å². The van der Waals surface area contributed by atoms with E-state index in [0.29, 0.717) is 39.1 Å². The van der Waals surface area contributed by atoms with E-state index in [-0.39, 0.29) is 23.5 Å². The van der Waals surface area contributed by atoms with Crippen LogP contribution in [-0.4, -0.2) is 69.5 Å². The van der Waals surface area contributed by atoms with Gasteiger partial charge in [-0.15, -0.1) is 0 Å². The molecule has 1 amide bonds. The molecule has 3 heterocycles. The van der Waals surface area contributed by atoms with Crippen molar-refractivity contribution >= 4 is 29.3 Å². The summed E-state index contributed by atoms with van der Waals surface area (Å²) in [6.45, 7) is 1.12. The zero-order chi connectivity index (χ0) is 28.6. The minimum atomic E-state index is -0.696. The van der Waals surface area contributed by atoms with E-state index in [2.05, 4.69) is 4.98 Å². The van der Waals surface area contributed by atoms with Crippen molar-refractivity contribution in [3.8, 4) is 0 Å². The molecule has 0 unspecified atom stereocenters. The van der Waals surface area contributed by atoms with Crippen molar-refractivity contribution in [2.75, 3.05) is 13.7 Å². The van der Waals surface area contributed by atoms with Gasteiger partial charge in [-0.25, -0.2) is 4.98 Å². The van der Waals surface area contributed by atoms with Crippen LogP contribution in [0.3, 0.4) is 0 Å². The summed E-state index contributed by atoms with van der Waals surface area (Å²) in [6, 6.07) is 19.2. The van der Waals surface area contributed by atoms with Crippen LogP contribution in [0.25, 0.3) is 0 Å². The maximum absolute atomic E-state index is 13.7. The molecule has 0 bridgehead atoms. The van der Waals surface area contributed by atoms with Crippen LogP contribution in [0.15, 0.2) is 79.4 Å². The molecule has 0 spiro atoms.